The Bertz CT molecular complexity index is 33.9. The molecule has 0 amide bonds. The van der Waals surface area contributed by atoms with E-state index in [2.05, 4.69) is 6.58 Å². The van der Waals surface area contributed by atoms with Crippen LogP contribution < -0.4 is 0 Å². The quantitative estimate of drug-likeness (QED) is 0.333. The Hall–Kier alpha value is -0.113. The van der Waals surface area contributed by atoms with Crippen LogP contribution in [0.3, 0.4) is 0 Å². The number of halogens is 1. The highest BCUT2D eigenvalue weighted by atomic mass is 28.3. The van der Waals surface area contributed by atoms with Gasteiger partial charge in [0.1, 0.15) is 0 Å². The Balaban J connectivity index is 2.83. The molecule has 0 fully saturated rings. The van der Waals surface area contributed by atoms with Crippen LogP contribution >= 0.6 is 0 Å². The van der Waals surface area contributed by atoms with E-state index in [1.807, 2.05) is 0 Å². The molecule has 0 aliphatic rings. The van der Waals surface area contributed by atoms with Gasteiger partial charge >= 0.3 is 0 Å². The van der Waals surface area contributed by atoms with E-state index in [0.29, 0.717) is 0 Å². The molecule has 0 aromatic heterocycles. The van der Waals surface area contributed by atoms with Gasteiger partial charge in [-0.25, -0.2) is 0 Å². The zero-order valence-corrected chi connectivity index (χ0v) is 4.39. The van der Waals surface area contributed by atoms with Gasteiger partial charge in [-0.2, -0.15) is 0 Å². The van der Waals surface area contributed by atoms with Crippen molar-refractivity contribution in [3.63, 3.8) is 0 Å². The van der Waals surface area contributed by atoms with Crippen molar-refractivity contribution in [2.24, 2.45) is 0 Å². The summed E-state index contributed by atoms with van der Waals surface area (Å²) >= 11 is 0. The normalized spacial score (nSPS) is 14.0. The summed E-state index contributed by atoms with van der Waals surface area (Å²) in [5, 5.41) is 0. The second kappa shape index (κ2) is 2.14. The Morgan fingerprint density at radius 3 is 2.20 bits per heavy atom. The van der Waals surface area contributed by atoms with E-state index in [0.717, 1.165) is 0 Å². The second-order valence-corrected chi connectivity index (χ2v) is 2.74. The fourth-order valence-electron chi connectivity index (χ4n) is 0. The zero-order valence-electron chi connectivity index (χ0n) is 3.24. The van der Waals surface area contributed by atoms with Gasteiger partial charge in [0.05, 0.1) is 0 Å². The lowest BCUT2D eigenvalue weighted by atomic mass is 11.3. The van der Waals surface area contributed by atoms with Crippen LogP contribution in [0.4, 0.5) is 4.11 Å². The highest BCUT2D eigenvalue weighted by Gasteiger charge is 1.85. The maximum Gasteiger partial charge on any atom is 0.251 e. The molecule has 0 saturated carbocycles. The Morgan fingerprint density at radius 2 is 2.20 bits per heavy atom. The lowest BCUT2D eigenvalue weighted by Gasteiger charge is -1.75. The monoisotopic (exact) mass is 90.0 g/mol. The number of rotatable bonds is 1. The Labute approximate surface area is 33.1 Å². The van der Waals surface area contributed by atoms with Crippen molar-refractivity contribution < 1.29 is 4.11 Å². The lowest BCUT2D eigenvalue weighted by Crippen LogP contribution is -1.86. The molecular weight excluding hydrogens is 83.1 g/mol. The molecule has 0 N–H and O–H groups in total. The van der Waals surface area contributed by atoms with Crippen LogP contribution in [0.5, 0.6) is 0 Å². The molecule has 2 heteroatoms. The van der Waals surface area contributed by atoms with E-state index < -0.39 is 9.13 Å². The van der Waals surface area contributed by atoms with E-state index >= 15 is 0 Å². The van der Waals surface area contributed by atoms with Crippen LogP contribution in [0, 0.1) is 0 Å². The molecule has 5 heavy (non-hydrogen) atoms. The molecule has 0 aromatic carbocycles. The van der Waals surface area contributed by atoms with E-state index in [1.54, 1.807) is 6.55 Å². The molecule has 1 atom stereocenters. The molecular formula is C3H7FSi. The minimum atomic E-state index is -1.89. The van der Waals surface area contributed by atoms with Crippen LogP contribution in [0.15, 0.2) is 12.3 Å². The summed E-state index contributed by atoms with van der Waals surface area (Å²) in [4.78, 5) is 0. The number of hydrogen-bond donors (Lipinski definition) is 0. The molecule has 0 nitrogen and oxygen atoms in total. The van der Waals surface area contributed by atoms with Crippen LogP contribution in [0.25, 0.3) is 0 Å². The summed E-state index contributed by atoms with van der Waals surface area (Å²) in [6.07, 6.45) is 0. The highest BCUT2D eigenvalue weighted by Crippen LogP contribution is 1.77. The largest absolute Gasteiger partial charge is 0.313 e. The molecule has 0 spiro atoms. The summed E-state index contributed by atoms with van der Waals surface area (Å²) in [6.45, 7) is 4.82. The summed E-state index contributed by atoms with van der Waals surface area (Å²) in [6, 6.07) is 0. The predicted molar refractivity (Wildman–Crippen MR) is 24.3 cm³/mol. The molecule has 0 heterocycles. The van der Waals surface area contributed by atoms with E-state index in [9.17, 15) is 4.11 Å². The van der Waals surface area contributed by atoms with Gasteiger partial charge in [0.2, 0.25) is 0 Å². The van der Waals surface area contributed by atoms with Crippen molar-refractivity contribution in [3.05, 3.63) is 12.3 Å². The van der Waals surface area contributed by atoms with Crippen LogP contribution in [0.1, 0.15) is 0 Å². The Kier molecular flexibility index (Phi) is 2.10. The van der Waals surface area contributed by atoms with Crippen LogP contribution in [0.2, 0.25) is 6.55 Å². The number of hydrogen-bond acceptors (Lipinski definition) is 0. The predicted octanol–water partition coefficient (Wildman–Crippen LogP) is 1.03. The van der Waals surface area contributed by atoms with Gasteiger partial charge in [-0.15, -0.1) is 6.58 Å². The lowest BCUT2D eigenvalue weighted by molar-refractivity contribution is 0.855. The minimum Gasteiger partial charge on any atom is -0.313 e. The summed E-state index contributed by atoms with van der Waals surface area (Å²) in [5.41, 5.74) is 1.39. The third-order valence-corrected chi connectivity index (χ3v) is 0.974. The fourth-order valence-corrected chi connectivity index (χ4v) is 0. The molecule has 0 rings (SSSR count). The topological polar surface area (TPSA) is 0 Å². The molecule has 0 aromatic rings. The van der Waals surface area contributed by atoms with E-state index in [1.165, 1.54) is 5.70 Å². The van der Waals surface area contributed by atoms with E-state index in [-0.39, 0.29) is 0 Å². The first kappa shape index (κ1) is 4.89. The second-order valence-electron chi connectivity index (χ2n) is 0.913. The van der Waals surface area contributed by atoms with Crippen molar-refractivity contribution in [1.82, 2.24) is 0 Å². The van der Waals surface area contributed by atoms with Gasteiger partial charge in [0, 0.05) is 0 Å². The van der Waals surface area contributed by atoms with E-state index in [4.69, 9.17) is 0 Å². The van der Waals surface area contributed by atoms with Gasteiger partial charge in [0.25, 0.3) is 9.13 Å². The van der Waals surface area contributed by atoms with Crippen LogP contribution in [-0.2, 0) is 0 Å². The Morgan fingerprint density at radius 1 is 2.00 bits per heavy atom. The first-order valence-electron chi connectivity index (χ1n) is 1.54. The van der Waals surface area contributed by atoms with Crippen LogP contribution in [-0.4, -0.2) is 9.13 Å². The highest BCUT2D eigenvalue weighted by molar-refractivity contribution is 6.55. The molecule has 1 unspecified atom stereocenters. The first-order chi connectivity index (χ1) is 2.27. The molecule has 0 aliphatic carbocycles. The maximum atomic E-state index is 11.5. The molecule has 0 aliphatic heterocycles. The third-order valence-electron chi connectivity index (χ3n) is 0.325. The molecule has 0 saturated heterocycles. The SMILES string of the molecule is C=C[SiH](C)F. The smallest absolute Gasteiger partial charge is 0.251 e. The molecule has 30 valence electrons. The minimum absolute atomic E-state index is 1.39. The van der Waals surface area contributed by atoms with Gasteiger partial charge in [-0.1, -0.05) is 5.70 Å². The fraction of sp³-hybridized carbons (Fsp3) is 0.333. The molecule has 0 radical (unpaired) electrons. The van der Waals surface area contributed by atoms with Crippen molar-refractivity contribution >= 4 is 9.13 Å². The van der Waals surface area contributed by atoms with Crippen molar-refractivity contribution in [1.29, 1.82) is 0 Å². The van der Waals surface area contributed by atoms with Gasteiger partial charge in [-0.05, 0) is 6.55 Å². The van der Waals surface area contributed by atoms with Gasteiger partial charge < -0.3 is 4.11 Å². The average molecular weight is 90.2 g/mol. The zero-order chi connectivity index (χ0) is 4.28. The van der Waals surface area contributed by atoms with Gasteiger partial charge in [-0.3, -0.25) is 0 Å². The summed E-state index contributed by atoms with van der Waals surface area (Å²) < 4.78 is 11.5. The summed E-state index contributed by atoms with van der Waals surface area (Å²) in [7, 11) is -1.89. The van der Waals surface area contributed by atoms with Crippen molar-refractivity contribution in [2.45, 2.75) is 6.55 Å². The van der Waals surface area contributed by atoms with Crippen molar-refractivity contribution in [3.8, 4) is 0 Å². The maximum absolute atomic E-state index is 11.5. The summed E-state index contributed by atoms with van der Waals surface area (Å²) in [5.74, 6) is 0. The third kappa shape index (κ3) is 3.89. The standard InChI is InChI=1S/C3H7FSi/c1-3-5(2)4/h3,5H,1H2,2H3. The van der Waals surface area contributed by atoms with Crippen molar-refractivity contribution in [2.75, 3.05) is 0 Å². The average Bonchev–Trinajstić information content (AvgIpc) is 1.38. The first-order valence-corrected chi connectivity index (χ1v) is 3.79. The van der Waals surface area contributed by atoms with Gasteiger partial charge in [0.15, 0.2) is 0 Å². The molecule has 0 bridgehead atoms.